The van der Waals surface area contributed by atoms with Crippen LogP contribution in [0.25, 0.3) is 71.0 Å². The molecule has 0 atom stereocenters. The van der Waals surface area contributed by atoms with Crippen LogP contribution in [-0.4, -0.2) is 17.5 Å². The van der Waals surface area contributed by atoms with E-state index in [-0.39, 0.29) is 0 Å². The highest BCUT2D eigenvalue weighted by Crippen LogP contribution is 2.40. The maximum atomic E-state index is 5.43. The number of hydrogen-bond acceptors (Lipinski definition) is 1. The molecule has 0 N–H and O–H groups in total. The standard InChI is InChI=1S/C51H34N2Si/c1-4-16-37(17-5-1)54(38-18-6-2-7-19-38,39-20-8-3-9-21-39)40-31-28-35(29-32-40)36-30-33-48-47(34-36)43-24-12-15-27-46(43)51-52-49-44-25-13-10-22-41(44)42-23-11-14-26-45(42)50(49)53(48)51/h1-34H. The minimum Gasteiger partial charge on any atom is -0.291 e. The number of aromatic nitrogens is 2. The van der Waals surface area contributed by atoms with Crippen molar-refractivity contribution in [3.05, 3.63) is 206 Å². The Labute approximate surface area is 314 Å². The summed E-state index contributed by atoms with van der Waals surface area (Å²) in [5.74, 6) is 0. The topological polar surface area (TPSA) is 17.3 Å². The van der Waals surface area contributed by atoms with E-state index >= 15 is 0 Å². The molecule has 9 aromatic carbocycles. The Morgan fingerprint density at radius 3 is 1.33 bits per heavy atom. The van der Waals surface area contributed by atoms with E-state index in [4.69, 9.17) is 4.98 Å². The molecule has 3 heteroatoms. The lowest BCUT2D eigenvalue weighted by molar-refractivity contribution is 1.32. The van der Waals surface area contributed by atoms with Crippen molar-refractivity contribution in [2.45, 2.75) is 0 Å². The van der Waals surface area contributed by atoms with Crippen LogP contribution in [0.3, 0.4) is 0 Å². The van der Waals surface area contributed by atoms with Crippen molar-refractivity contribution in [2.75, 3.05) is 0 Å². The van der Waals surface area contributed by atoms with Gasteiger partial charge in [-0.05, 0) is 60.2 Å². The predicted molar refractivity (Wildman–Crippen MR) is 232 cm³/mol. The Kier molecular flexibility index (Phi) is 6.91. The van der Waals surface area contributed by atoms with E-state index < -0.39 is 8.07 Å². The Bertz CT molecular complexity index is 3090. The fraction of sp³-hybridized carbons (Fsp3) is 0. The van der Waals surface area contributed by atoms with Gasteiger partial charge in [-0.15, -0.1) is 0 Å². The third-order valence-electron chi connectivity index (χ3n) is 11.5. The predicted octanol–water partition coefficient (Wildman–Crippen LogP) is 10.1. The molecule has 11 aromatic rings. The molecule has 0 aliphatic carbocycles. The lowest BCUT2D eigenvalue weighted by Crippen LogP contribution is -2.74. The Balaban J connectivity index is 1.15. The summed E-state index contributed by atoms with van der Waals surface area (Å²) in [7, 11) is -2.61. The van der Waals surface area contributed by atoms with Crippen molar-refractivity contribution in [1.29, 1.82) is 0 Å². The second-order valence-corrected chi connectivity index (χ2v) is 18.1. The van der Waals surface area contributed by atoms with Gasteiger partial charge in [-0.1, -0.05) is 194 Å². The molecule has 0 fully saturated rings. The summed E-state index contributed by atoms with van der Waals surface area (Å²) < 4.78 is 2.41. The highest BCUT2D eigenvalue weighted by molar-refractivity contribution is 7.19. The van der Waals surface area contributed by atoms with Gasteiger partial charge < -0.3 is 0 Å². The van der Waals surface area contributed by atoms with Gasteiger partial charge in [-0.2, -0.15) is 0 Å². The summed E-state index contributed by atoms with van der Waals surface area (Å²) in [6.45, 7) is 0. The summed E-state index contributed by atoms with van der Waals surface area (Å²) in [5.41, 5.74) is 6.77. The zero-order valence-electron chi connectivity index (χ0n) is 29.5. The van der Waals surface area contributed by atoms with Gasteiger partial charge in [0.05, 0.1) is 16.6 Å². The van der Waals surface area contributed by atoms with Gasteiger partial charge >= 0.3 is 0 Å². The van der Waals surface area contributed by atoms with Crippen LogP contribution in [0.15, 0.2) is 206 Å². The molecule has 0 bridgehead atoms. The molecule has 2 aromatic heterocycles. The molecule has 11 rings (SSSR count). The second-order valence-electron chi connectivity index (χ2n) is 14.3. The first-order valence-electron chi connectivity index (χ1n) is 18.6. The van der Waals surface area contributed by atoms with Gasteiger partial charge in [0.25, 0.3) is 0 Å². The normalized spacial score (nSPS) is 12.1. The van der Waals surface area contributed by atoms with E-state index in [0.29, 0.717) is 0 Å². The monoisotopic (exact) mass is 702 g/mol. The summed E-state index contributed by atoms with van der Waals surface area (Å²) in [6.07, 6.45) is 0. The number of rotatable bonds is 5. The van der Waals surface area contributed by atoms with E-state index in [1.54, 1.807) is 0 Å². The fourth-order valence-electron chi connectivity index (χ4n) is 9.14. The first-order valence-corrected chi connectivity index (χ1v) is 20.6. The zero-order valence-corrected chi connectivity index (χ0v) is 30.5. The van der Waals surface area contributed by atoms with Gasteiger partial charge in [0.1, 0.15) is 5.65 Å². The quantitative estimate of drug-likeness (QED) is 0.0992. The van der Waals surface area contributed by atoms with E-state index in [1.807, 2.05) is 0 Å². The lowest BCUT2D eigenvalue weighted by atomic mass is 9.99. The Hall–Kier alpha value is -6.81. The molecular weight excluding hydrogens is 669 g/mol. The fourth-order valence-corrected chi connectivity index (χ4v) is 13.9. The van der Waals surface area contributed by atoms with Crippen LogP contribution in [0.5, 0.6) is 0 Å². The summed E-state index contributed by atoms with van der Waals surface area (Å²) >= 11 is 0. The molecule has 252 valence electrons. The highest BCUT2D eigenvalue weighted by atomic mass is 28.3. The van der Waals surface area contributed by atoms with E-state index in [0.717, 1.165) is 27.6 Å². The number of benzene rings is 9. The van der Waals surface area contributed by atoms with Crippen LogP contribution >= 0.6 is 0 Å². The minimum atomic E-state index is -2.61. The molecule has 0 unspecified atom stereocenters. The first kappa shape index (κ1) is 30.8. The van der Waals surface area contributed by atoms with Gasteiger partial charge in [-0.3, -0.25) is 4.40 Å². The SMILES string of the molecule is c1ccc([Si](c2ccccc2)(c2ccccc2)c2ccc(-c3ccc4c(c3)c3ccccc3c3nc5c6ccccc6c6ccccc6c5n43)cc2)cc1. The Morgan fingerprint density at radius 2 is 0.759 bits per heavy atom. The summed E-state index contributed by atoms with van der Waals surface area (Å²) in [5, 5.41) is 14.0. The van der Waals surface area contributed by atoms with Crippen LogP contribution in [-0.2, 0) is 0 Å². The highest BCUT2D eigenvalue weighted by Gasteiger charge is 2.41. The number of imidazole rings is 1. The zero-order chi connectivity index (χ0) is 35.6. The number of pyridine rings is 1. The van der Waals surface area contributed by atoms with Crippen molar-refractivity contribution in [3.63, 3.8) is 0 Å². The average Bonchev–Trinajstić information content (AvgIpc) is 3.67. The van der Waals surface area contributed by atoms with E-state index in [2.05, 4.69) is 211 Å². The molecular formula is C51H34N2Si. The molecule has 0 saturated carbocycles. The van der Waals surface area contributed by atoms with E-state index in [1.165, 1.54) is 64.2 Å². The summed E-state index contributed by atoms with van der Waals surface area (Å²) in [4.78, 5) is 5.43. The van der Waals surface area contributed by atoms with Crippen LogP contribution < -0.4 is 20.7 Å². The van der Waals surface area contributed by atoms with Crippen LogP contribution in [0.1, 0.15) is 0 Å². The third kappa shape index (κ3) is 4.43. The van der Waals surface area contributed by atoms with Gasteiger partial charge in [0.15, 0.2) is 8.07 Å². The van der Waals surface area contributed by atoms with Gasteiger partial charge in [0, 0.05) is 21.5 Å². The molecule has 0 saturated heterocycles. The van der Waals surface area contributed by atoms with Crippen molar-refractivity contribution >= 4 is 88.7 Å². The van der Waals surface area contributed by atoms with Crippen molar-refractivity contribution in [2.24, 2.45) is 0 Å². The smallest absolute Gasteiger partial charge is 0.179 e. The number of nitrogens with zero attached hydrogens (tertiary/aromatic N) is 2. The van der Waals surface area contributed by atoms with Gasteiger partial charge in [0.2, 0.25) is 0 Å². The van der Waals surface area contributed by atoms with Crippen LogP contribution in [0.2, 0.25) is 0 Å². The molecule has 0 spiro atoms. The van der Waals surface area contributed by atoms with Crippen molar-refractivity contribution in [1.82, 2.24) is 9.38 Å². The maximum Gasteiger partial charge on any atom is 0.179 e. The minimum absolute atomic E-state index is 0.996. The second kappa shape index (κ2) is 12.1. The molecule has 2 nitrogen and oxygen atoms in total. The number of fused-ring (bicyclic) bond motifs is 13. The first-order chi connectivity index (χ1) is 26.8. The summed E-state index contributed by atoms with van der Waals surface area (Å²) in [6, 6.07) is 76.0. The van der Waals surface area contributed by atoms with Crippen molar-refractivity contribution < 1.29 is 0 Å². The molecule has 54 heavy (non-hydrogen) atoms. The molecule has 0 amide bonds. The molecule has 0 aliphatic heterocycles. The average molecular weight is 703 g/mol. The largest absolute Gasteiger partial charge is 0.291 e. The molecule has 0 aliphatic rings. The molecule has 0 radical (unpaired) electrons. The van der Waals surface area contributed by atoms with E-state index in [9.17, 15) is 0 Å². The Morgan fingerprint density at radius 1 is 0.333 bits per heavy atom. The molecule has 2 heterocycles. The lowest BCUT2D eigenvalue weighted by Gasteiger charge is -2.34. The van der Waals surface area contributed by atoms with Crippen molar-refractivity contribution in [3.8, 4) is 11.1 Å². The van der Waals surface area contributed by atoms with Crippen LogP contribution in [0, 0.1) is 0 Å². The maximum absolute atomic E-state index is 5.43. The number of hydrogen-bond donors (Lipinski definition) is 0. The van der Waals surface area contributed by atoms with Crippen LogP contribution in [0.4, 0.5) is 0 Å². The van der Waals surface area contributed by atoms with Gasteiger partial charge in [-0.25, -0.2) is 4.98 Å². The third-order valence-corrected chi connectivity index (χ3v) is 16.3.